The smallest absolute Gasteiger partial charge is 0.337 e. The van der Waals surface area contributed by atoms with Gasteiger partial charge in [0.2, 0.25) is 5.91 Å². The van der Waals surface area contributed by atoms with E-state index in [9.17, 15) is 24.6 Å². The summed E-state index contributed by atoms with van der Waals surface area (Å²) in [6.07, 6.45) is 14.5. The monoisotopic (exact) mass is 610 g/mol. The number of benzene rings is 2. The van der Waals surface area contributed by atoms with Gasteiger partial charge in [0.05, 0.1) is 12.5 Å². The number of allylic oxidation sites excluding steroid dienone is 1. The maximum absolute atomic E-state index is 12.8. The number of unbranched alkanes of at least 4 members (excludes halogenated alkanes) is 8. The molecule has 2 rings (SSSR count). The number of halogens is 1. The number of rotatable bonds is 22. The summed E-state index contributed by atoms with van der Waals surface area (Å²) in [5.41, 5.74) is -1.88. The van der Waals surface area contributed by atoms with Gasteiger partial charge < -0.3 is 20.3 Å². The molecule has 0 spiro atoms. The number of carboxylic acids is 1. The van der Waals surface area contributed by atoms with E-state index in [0.717, 1.165) is 44.1 Å². The lowest BCUT2D eigenvalue weighted by molar-refractivity contribution is -0.160. The van der Waals surface area contributed by atoms with Gasteiger partial charge in [-0.05, 0) is 74.1 Å². The number of hydrogen-bond acceptors (Lipinski definition) is 5. The van der Waals surface area contributed by atoms with Crippen molar-refractivity contribution in [2.45, 2.75) is 96.0 Å². The number of hydrogen-bond donors (Lipinski definition) is 3. The first kappa shape index (κ1) is 36.0. The fourth-order valence-corrected chi connectivity index (χ4v) is 4.61. The molecule has 0 saturated heterocycles. The van der Waals surface area contributed by atoms with Gasteiger partial charge in [-0.25, -0.2) is 4.79 Å². The fraction of sp³-hybridized carbons (Fsp3) is 0.457. The SMILES string of the molecule is [CH][C@@](O)(C(=O)O)[C@H](/C=C/CCCCCCC(=O)CCCCCCC)C(=O)N[CH]Cc1ccc(Oc2ccc(Cl)cc2)cc1. The Labute approximate surface area is 261 Å². The fourth-order valence-electron chi connectivity index (χ4n) is 4.48. The predicted octanol–water partition coefficient (Wildman–Crippen LogP) is 7.92. The standard InChI is InChI=1S/C35H45ClNO6/c1-3-4-5-8-11-14-29(38)15-12-9-6-7-10-13-16-32(35(2,42)34(40)41)33(39)37-26-25-27-17-21-30(22-18-27)43-31-23-19-28(36)20-24-31/h2,13,16-24,26,32,42H,3-12,14-15,25H2,1H3,(H,37,39)(H,40,41)/b16-13+/t32-,35+/m1/s1. The van der Waals surface area contributed by atoms with E-state index in [0.29, 0.717) is 48.0 Å². The van der Waals surface area contributed by atoms with E-state index in [1.807, 2.05) is 12.1 Å². The van der Waals surface area contributed by atoms with Crippen LogP contribution >= 0.6 is 11.6 Å². The number of Topliss-reactive ketones (excluding diaryl/α,β-unsaturated/α-hetero) is 1. The second-order valence-electron chi connectivity index (χ2n) is 10.8. The van der Waals surface area contributed by atoms with E-state index < -0.39 is 23.4 Å². The minimum absolute atomic E-state index is 0.332. The van der Waals surface area contributed by atoms with Crippen LogP contribution in [0.15, 0.2) is 60.7 Å². The third kappa shape index (κ3) is 14.2. The quantitative estimate of drug-likeness (QED) is 0.0922. The summed E-state index contributed by atoms with van der Waals surface area (Å²) in [5.74, 6) is -2.28. The third-order valence-electron chi connectivity index (χ3n) is 7.12. The first-order valence-corrected chi connectivity index (χ1v) is 15.6. The lowest BCUT2D eigenvalue weighted by Gasteiger charge is -2.25. The van der Waals surface area contributed by atoms with Crippen LogP contribution < -0.4 is 10.1 Å². The largest absolute Gasteiger partial charge is 0.479 e. The molecule has 0 aromatic heterocycles. The second kappa shape index (κ2) is 19.9. The van der Waals surface area contributed by atoms with Crippen LogP contribution in [-0.2, 0) is 20.8 Å². The molecule has 0 aliphatic heterocycles. The van der Waals surface area contributed by atoms with Crippen LogP contribution in [0.1, 0.15) is 89.5 Å². The molecule has 2 aromatic carbocycles. The number of carbonyl (C=O) groups is 3. The summed E-state index contributed by atoms with van der Waals surface area (Å²) in [6.45, 7) is 9.28. The number of aliphatic carboxylic acids is 1. The summed E-state index contributed by atoms with van der Waals surface area (Å²) < 4.78 is 5.77. The minimum atomic E-state index is -2.76. The normalized spacial score (nSPS) is 13.4. The molecule has 43 heavy (non-hydrogen) atoms. The summed E-state index contributed by atoms with van der Waals surface area (Å²) in [7, 11) is 0. The van der Waals surface area contributed by atoms with Crippen LogP contribution in [0, 0.1) is 19.4 Å². The zero-order valence-electron chi connectivity index (χ0n) is 25.1. The molecular weight excluding hydrogens is 566 g/mol. The van der Waals surface area contributed by atoms with Crippen LogP contribution in [0.3, 0.4) is 0 Å². The average molecular weight is 611 g/mol. The maximum Gasteiger partial charge on any atom is 0.337 e. The number of nitrogens with one attached hydrogen (secondary N) is 1. The van der Waals surface area contributed by atoms with E-state index >= 15 is 0 Å². The molecule has 2 atom stereocenters. The Balaban J connectivity index is 1.73. The Morgan fingerprint density at radius 3 is 2.05 bits per heavy atom. The molecule has 3 radical (unpaired) electrons. The van der Waals surface area contributed by atoms with Crippen molar-refractivity contribution in [1.29, 1.82) is 0 Å². The summed E-state index contributed by atoms with van der Waals surface area (Å²) in [6, 6.07) is 14.3. The van der Waals surface area contributed by atoms with Crippen molar-refractivity contribution >= 4 is 29.3 Å². The number of amides is 1. The van der Waals surface area contributed by atoms with Gasteiger partial charge in [-0.2, -0.15) is 0 Å². The molecule has 3 N–H and O–H groups in total. The van der Waals surface area contributed by atoms with E-state index in [1.165, 1.54) is 31.9 Å². The molecule has 0 bridgehead atoms. The van der Waals surface area contributed by atoms with Crippen molar-refractivity contribution in [3.05, 3.63) is 84.7 Å². The second-order valence-corrected chi connectivity index (χ2v) is 11.2. The van der Waals surface area contributed by atoms with E-state index in [2.05, 4.69) is 12.2 Å². The Morgan fingerprint density at radius 1 is 0.907 bits per heavy atom. The molecule has 8 heteroatoms. The van der Waals surface area contributed by atoms with Gasteiger partial charge in [0.25, 0.3) is 0 Å². The van der Waals surface area contributed by atoms with E-state index in [1.54, 1.807) is 42.5 Å². The Bertz CT molecular complexity index is 1140. The van der Waals surface area contributed by atoms with Crippen LogP contribution in [-0.4, -0.2) is 33.5 Å². The number of ketones is 1. The molecular formula is C35H45ClNO6. The zero-order chi connectivity index (χ0) is 31.5. The van der Waals surface area contributed by atoms with Gasteiger partial charge in [0, 0.05) is 24.8 Å². The molecule has 0 saturated carbocycles. The molecule has 0 aliphatic carbocycles. The Hall–Kier alpha value is -3.16. The van der Waals surface area contributed by atoms with Gasteiger partial charge in [-0.15, -0.1) is 0 Å². The minimum Gasteiger partial charge on any atom is -0.479 e. The van der Waals surface area contributed by atoms with E-state index in [-0.39, 0.29) is 0 Å². The van der Waals surface area contributed by atoms with Crippen molar-refractivity contribution in [3.63, 3.8) is 0 Å². The van der Waals surface area contributed by atoms with Crippen molar-refractivity contribution in [2.75, 3.05) is 0 Å². The van der Waals surface area contributed by atoms with Crippen molar-refractivity contribution in [3.8, 4) is 11.5 Å². The molecule has 1 amide bonds. The van der Waals surface area contributed by atoms with Crippen LogP contribution in [0.25, 0.3) is 0 Å². The van der Waals surface area contributed by atoms with Crippen molar-refractivity contribution in [1.82, 2.24) is 5.32 Å². The molecule has 0 aliphatic rings. The summed E-state index contributed by atoms with van der Waals surface area (Å²) >= 11 is 5.90. The lowest BCUT2D eigenvalue weighted by atomic mass is 9.87. The number of carboxylic acid groups (broad SMARTS) is 1. The van der Waals surface area contributed by atoms with Gasteiger partial charge in [-0.3, -0.25) is 9.59 Å². The molecule has 7 nitrogen and oxygen atoms in total. The van der Waals surface area contributed by atoms with Crippen molar-refractivity contribution in [2.24, 2.45) is 5.92 Å². The zero-order valence-corrected chi connectivity index (χ0v) is 25.9. The summed E-state index contributed by atoms with van der Waals surface area (Å²) in [4.78, 5) is 36.4. The van der Waals surface area contributed by atoms with Gasteiger partial charge in [0.15, 0.2) is 5.60 Å². The highest BCUT2D eigenvalue weighted by Crippen LogP contribution is 2.24. The molecule has 2 aromatic rings. The van der Waals surface area contributed by atoms with Gasteiger partial charge in [-0.1, -0.05) is 81.3 Å². The summed E-state index contributed by atoms with van der Waals surface area (Å²) in [5, 5.41) is 22.9. The molecule has 0 fully saturated rings. The molecule has 233 valence electrons. The average Bonchev–Trinajstić information content (AvgIpc) is 2.98. The topological polar surface area (TPSA) is 113 Å². The number of carbonyl (C=O) groups excluding carboxylic acids is 2. The highest BCUT2D eigenvalue weighted by Gasteiger charge is 2.42. The van der Waals surface area contributed by atoms with Crippen LogP contribution in [0.5, 0.6) is 11.5 Å². The molecule has 0 unspecified atom stereocenters. The lowest BCUT2D eigenvalue weighted by Crippen LogP contribution is -2.49. The number of aliphatic hydroxyl groups is 1. The van der Waals surface area contributed by atoms with Gasteiger partial charge >= 0.3 is 5.97 Å². The first-order valence-electron chi connectivity index (χ1n) is 15.2. The van der Waals surface area contributed by atoms with Crippen LogP contribution in [0.2, 0.25) is 5.02 Å². The maximum atomic E-state index is 12.8. The van der Waals surface area contributed by atoms with Gasteiger partial charge in [0.1, 0.15) is 17.3 Å². The Kier molecular flexibility index (Phi) is 16.7. The Morgan fingerprint density at radius 2 is 1.47 bits per heavy atom. The highest BCUT2D eigenvalue weighted by atomic mass is 35.5. The number of ether oxygens (including phenoxy) is 1. The van der Waals surface area contributed by atoms with Crippen molar-refractivity contribution < 1.29 is 29.3 Å². The van der Waals surface area contributed by atoms with Crippen LogP contribution in [0.4, 0.5) is 0 Å². The molecule has 0 heterocycles. The highest BCUT2D eigenvalue weighted by molar-refractivity contribution is 6.30. The van der Waals surface area contributed by atoms with E-state index in [4.69, 9.17) is 23.3 Å². The predicted molar refractivity (Wildman–Crippen MR) is 170 cm³/mol. The third-order valence-corrected chi connectivity index (χ3v) is 7.37. The first-order chi connectivity index (χ1) is 20.6.